The maximum absolute atomic E-state index is 12.0. The van der Waals surface area contributed by atoms with E-state index in [1.807, 2.05) is 27.7 Å². The first-order valence-electron chi connectivity index (χ1n) is 9.45. The first-order valence-corrected chi connectivity index (χ1v) is 11.1. The van der Waals surface area contributed by atoms with Crippen LogP contribution in [0.5, 0.6) is 0 Å². The van der Waals surface area contributed by atoms with E-state index >= 15 is 0 Å². The van der Waals surface area contributed by atoms with Gasteiger partial charge in [-0.05, 0) is 41.0 Å². The molecule has 1 saturated heterocycles. The van der Waals surface area contributed by atoms with Crippen molar-refractivity contribution in [1.29, 1.82) is 0 Å². The van der Waals surface area contributed by atoms with Crippen LogP contribution in [0.4, 0.5) is 4.79 Å². The Morgan fingerprint density at radius 3 is 2.39 bits per heavy atom. The normalized spacial score (nSPS) is 15.7. The molecule has 1 aliphatic rings. The molecule has 0 radical (unpaired) electrons. The largest absolute Gasteiger partial charge is 0.444 e. The van der Waals surface area contributed by atoms with Crippen molar-refractivity contribution in [3.63, 3.8) is 0 Å². The van der Waals surface area contributed by atoms with Gasteiger partial charge in [-0.3, -0.25) is 4.99 Å². The van der Waals surface area contributed by atoms with Crippen LogP contribution >= 0.6 is 24.0 Å². The molecule has 11 heteroatoms. The number of halogens is 1. The van der Waals surface area contributed by atoms with Crippen LogP contribution in [0.2, 0.25) is 0 Å². The van der Waals surface area contributed by atoms with Gasteiger partial charge in [0.2, 0.25) is 10.0 Å². The first-order chi connectivity index (χ1) is 12.5. The Bertz CT molecular complexity index is 616. The van der Waals surface area contributed by atoms with Crippen molar-refractivity contribution in [3.05, 3.63) is 0 Å². The highest BCUT2D eigenvalue weighted by atomic mass is 127. The molecule has 1 fully saturated rings. The molecule has 1 heterocycles. The number of aliphatic imine (C=N–C) groups is 1. The fourth-order valence-corrected chi connectivity index (χ4v) is 3.25. The van der Waals surface area contributed by atoms with E-state index in [2.05, 4.69) is 15.6 Å². The van der Waals surface area contributed by atoms with E-state index < -0.39 is 15.6 Å². The van der Waals surface area contributed by atoms with Crippen LogP contribution in [-0.2, 0) is 14.8 Å². The monoisotopic (exact) mass is 533 g/mol. The van der Waals surface area contributed by atoms with Gasteiger partial charge in [0.1, 0.15) is 5.60 Å². The molecule has 1 aliphatic heterocycles. The van der Waals surface area contributed by atoms with Gasteiger partial charge >= 0.3 is 6.09 Å². The van der Waals surface area contributed by atoms with Crippen LogP contribution in [0.15, 0.2) is 4.99 Å². The molecule has 0 spiro atoms. The molecule has 0 aromatic heterocycles. The van der Waals surface area contributed by atoms with E-state index in [1.165, 1.54) is 4.31 Å². The molecule has 1 amide bonds. The Morgan fingerprint density at radius 1 is 1.29 bits per heavy atom. The molecule has 0 atom stereocenters. The molecule has 1 rings (SSSR count). The zero-order valence-electron chi connectivity index (χ0n) is 17.8. The zero-order valence-corrected chi connectivity index (χ0v) is 21.0. The number of carbonyl (C=O) groups is 1. The number of carbonyl (C=O) groups excluding carboxylic acids is 1. The molecular formula is C17H36IN5O4S. The zero-order chi connectivity index (χ0) is 20.7. The van der Waals surface area contributed by atoms with Crippen molar-refractivity contribution < 1.29 is 17.9 Å². The van der Waals surface area contributed by atoms with Crippen molar-refractivity contribution in [2.24, 2.45) is 4.99 Å². The minimum atomic E-state index is -3.15. The van der Waals surface area contributed by atoms with Crippen molar-refractivity contribution in [3.8, 4) is 0 Å². The maximum atomic E-state index is 12.0. The number of guanidine groups is 1. The van der Waals surface area contributed by atoms with Gasteiger partial charge in [0.15, 0.2) is 5.96 Å². The van der Waals surface area contributed by atoms with Gasteiger partial charge in [0.25, 0.3) is 0 Å². The smallest absolute Gasteiger partial charge is 0.410 e. The number of nitrogens with zero attached hydrogens (tertiary/aromatic N) is 3. The highest BCUT2D eigenvalue weighted by molar-refractivity contribution is 14.0. The Morgan fingerprint density at radius 2 is 1.89 bits per heavy atom. The van der Waals surface area contributed by atoms with Crippen LogP contribution in [-0.4, -0.2) is 86.8 Å². The molecule has 0 unspecified atom stereocenters. The fraction of sp³-hybridized carbons (Fsp3) is 0.882. The lowest BCUT2D eigenvalue weighted by Crippen LogP contribution is -2.63. The molecule has 9 nitrogen and oxygen atoms in total. The maximum Gasteiger partial charge on any atom is 0.410 e. The average molecular weight is 533 g/mol. The van der Waals surface area contributed by atoms with Crippen molar-refractivity contribution in [2.45, 2.75) is 52.7 Å². The third-order valence-electron chi connectivity index (χ3n) is 3.96. The average Bonchev–Trinajstić information content (AvgIpc) is 2.51. The molecule has 0 saturated carbocycles. The molecule has 0 aromatic carbocycles. The van der Waals surface area contributed by atoms with Gasteiger partial charge in [-0.25, -0.2) is 17.5 Å². The van der Waals surface area contributed by atoms with Gasteiger partial charge < -0.3 is 20.3 Å². The number of hydrogen-bond donors (Lipinski definition) is 2. The number of amides is 1. The number of ether oxygens (including phenoxy) is 1. The number of likely N-dealkylation sites (tertiary alicyclic amines) is 1. The van der Waals surface area contributed by atoms with E-state index in [4.69, 9.17) is 4.74 Å². The van der Waals surface area contributed by atoms with Gasteiger partial charge in [0.05, 0.1) is 11.8 Å². The number of hydrogen-bond acceptors (Lipinski definition) is 5. The summed E-state index contributed by atoms with van der Waals surface area (Å²) in [5, 5.41) is 6.46. The van der Waals surface area contributed by atoms with E-state index in [1.54, 1.807) is 18.9 Å². The second-order valence-electron chi connectivity index (χ2n) is 7.56. The SMILES string of the molecule is CCNC(=NCCCN(C)S(=O)(=O)CC)NC1CN(C(=O)OC(C)(C)C)C1.I. The van der Waals surface area contributed by atoms with Crippen LogP contribution in [0.3, 0.4) is 0 Å². The van der Waals surface area contributed by atoms with Gasteiger partial charge in [-0.1, -0.05) is 0 Å². The Hall–Kier alpha value is -0.820. The molecule has 0 aromatic rings. The second kappa shape index (κ2) is 12.0. The Labute approximate surface area is 186 Å². The lowest BCUT2D eigenvalue weighted by molar-refractivity contribution is 0.00700. The third-order valence-corrected chi connectivity index (χ3v) is 5.82. The van der Waals surface area contributed by atoms with Gasteiger partial charge in [0, 0.05) is 39.8 Å². The topological polar surface area (TPSA) is 103 Å². The Balaban J connectivity index is 0.00000729. The van der Waals surface area contributed by atoms with E-state index in [9.17, 15) is 13.2 Å². The molecule has 28 heavy (non-hydrogen) atoms. The summed E-state index contributed by atoms with van der Waals surface area (Å²) >= 11 is 0. The van der Waals surface area contributed by atoms with Crippen LogP contribution in [0, 0.1) is 0 Å². The van der Waals surface area contributed by atoms with Crippen molar-refractivity contribution in [2.75, 3.05) is 45.5 Å². The Kier molecular flexibility index (Phi) is 11.7. The van der Waals surface area contributed by atoms with Crippen LogP contribution in [0.25, 0.3) is 0 Å². The van der Waals surface area contributed by atoms with E-state index in [0.717, 1.165) is 6.54 Å². The number of sulfonamides is 1. The van der Waals surface area contributed by atoms with Crippen molar-refractivity contribution in [1.82, 2.24) is 19.8 Å². The van der Waals surface area contributed by atoms with Crippen LogP contribution < -0.4 is 10.6 Å². The summed E-state index contributed by atoms with van der Waals surface area (Å²) in [4.78, 5) is 18.1. The molecule has 0 aliphatic carbocycles. The summed E-state index contributed by atoms with van der Waals surface area (Å²) in [6, 6.07) is 0.124. The summed E-state index contributed by atoms with van der Waals surface area (Å²) < 4.78 is 30.1. The molecule has 2 N–H and O–H groups in total. The van der Waals surface area contributed by atoms with Gasteiger partial charge in [-0.15, -0.1) is 24.0 Å². The summed E-state index contributed by atoms with van der Waals surface area (Å²) in [5.41, 5.74) is -0.496. The van der Waals surface area contributed by atoms with E-state index in [-0.39, 0.29) is 41.9 Å². The predicted molar refractivity (Wildman–Crippen MR) is 123 cm³/mol. The highest BCUT2D eigenvalue weighted by Crippen LogP contribution is 2.15. The summed E-state index contributed by atoms with van der Waals surface area (Å²) in [7, 11) is -1.56. The van der Waals surface area contributed by atoms with Crippen molar-refractivity contribution >= 4 is 46.1 Å². The number of rotatable bonds is 8. The first kappa shape index (κ1) is 27.2. The summed E-state index contributed by atoms with van der Waals surface area (Å²) in [6.07, 6.45) is 0.337. The molecular weight excluding hydrogens is 497 g/mol. The highest BCUT2D eigenvalue weighted by Gasteiger charge is 2.34. The minimum absolute atomic E-state index is 0. The van der Waals surface area contributed by atoms with Crippen LogP contribution in [0.1, 0.15) is 41.0 Å². The standard InChI is InChI=1S/C17H35N5O4S.HI/c1-7-18-15(19-10-9-11-21(6)27(24,25)8-2)20-14-12-22(13-14)16(23)26-17(3,4)5;/h14H,7-13H2,1-6H3,(H2,18,19,20);1H. The van der Waals surface area contributed by atoms with Gasteiger partial charge in [-0.2, -0.15) is 0 Å². The quantitative estimate of drug-likeness (QED) is 0.212. The third kappa shape index (κ3) is 9.59. The molecule has 166 valence electrons. The van der Waals surface area contributed by atoms with E-state index in [0.29, 0.717) is 38.6 Å². The predicted octanol–water partition coefficient (Wildman–Crippen LogP) is 1.45. The number of nitrogens with one attached hydrogen (secondary N) is 2. The lowest BCUT2D eigenvalue weighted by Gasteiger charge is -2.40. The summed E-state index contributed by atoms with van der Waals surface area (Å²) in [5.74, 6) is 0.777. The lowest BCUT2D eigenvalue weighted by atomic mass is 10.1. The second-order valence-corrected chi connectivity index (χ2v) is 9.93. The fourth-order valence-electron chi connectivity index (χ4n) is 2.40. The molecule has 0 bridgehead atoms. The summed E-state index contributed by atoms with van der Waals surface area (Å²) in [6.45, 7) is 12.0. The minimum Gasteiger partial charge on any atom is -0.444 e.